The van der Waals surface area contributed by atoms with Crippen LogP contribution in [0, 0.1) is 12.3 Å². The molecule has 94 valence electrons. The molecule has 1 amide bonds. The molecule has 0 saturated heterocycles. The van der Waals surface area contributed by atoms with Crippen LogP contribution in [-0.4, -0.2) is 12.5 Å². The molecule has 19 heavy (non-hydrogen) atoms. The van der Waals surface area contributed by atoms with E-state index < -0.39 is 0 Å². The van der Waals surface area contributed by atoms with E-state index in [1.54, 1.807) is 11.3 Å². The fraction of sp³-hybridized carbons (Fsp3) is 0.188. The van der Waals surface area contributed by atoms with Gasteiger partial charge in [-0.3, -0.25) is 4.79 Å². The van der Waals surface area contributed by atoms with Crippen LogP contribution in [-0.2, 0) is 12.8 Å². The van der Waals surface area contributed by atoms with E-state index in [9.17, 15) is 4.79 Å². The number of hydrogen-bond donors (Lipinski definition) is 1. The molecule has 0 saturated carbocycles. The zero-order valence-corrected chi connectivity index (χ0v) is 11.2. The lowest BCUT2D eigenvalue weighted by Gasteiger charge is -2.15. The summed E-state index contributed by atoms with van der Waals surface area (Å²) in [7, 11) is 0. The Bertz CT molecular complexity index is 678. The molecule has 0 radical (unpaired) electrons. The van der Waals surface area contributed by atoms with Gasteiger partial charge in [-0.15, -0.1) is 17.8 Å². The van der Waals surface area contributed by atoms with E-state index in [-0.39, 0.29) is 12.5 Å². The second-order valence-corrected chi connectivity index (χ2v) is 5.56. The Balaban J connectivity index is 1.97. The Morgan fingerprint density at radius 3 is 2.95 bits per heavy atom. The third-order valence-corrected chi connectivity index (χ3v) is 4.52. The van der Waals surface area contributed by atoms with Gasteiger partial charge in [-0.25, -0.2) is 0 Å². The van der Waals surface area contributed by atoms with Gasteiger partial charge in [0.15, 0.2) is 0 Å². The van der Waals surface area contributed by atoms with Crippen LogP contribution < -0.4 is 5.32 Å². The predicted molar refractivity (Wildman–Crippen MR) is 78.3 cm³/mol. The van der Waals surface area contributed by atoms with Gasteiger partial charge in [0.2, 0.25) is 0 Å². The smallest absolute Gasteiger partial charge is 0.262 e. The van der Waals surface area contributed by atoms with Gasteiger partial charge < -0.3 is 5.32 Å². The van der Waals surface area contributed by atoms with Gasteiger partial charge in [0.1, 0.15) is 0 Å². The molecule has 0 spiro atoms. The van der Waals surface area contributed by atoms with Crippen LogP contribution in [0.4, 0.5) is 0 Å². The van der Waals surface area contributed by atoms with Crippen molar-refractivity contribution in [3.63, 3.8) is 0 Å². The summed E-state index contributed by atoms with van der Waals surface area (Å²) in [6.07, 6.45) is 7.21. The predicted octanol–water partition coefficient (Wildman–Crippen LogP) is 2.88. The molecule has 1 aromatic carbocycles. The third-order valence-electron chi connectivity index (χ3n) is 3.31. The highest BCUT2D eigenvalue weighted by Crippen LogP contribution is 2.39. The summed E-state index contributed by atoms with van der Waals surface area (Å²) < 4.78 is 0. The van der Waals surface area contributed by atoms with Gasteiger partial charge in [0.05, 0.1) is 11.4 Å². The topological polar surface area (TPSA) is 29.1 Å². The SMILES string of the molecule is C#CCNC(=O)c1cc2c(s1)-c1ccccc1CC2. The summed E-state index contributed by atoms with van der Waals surface area (Å²) >= 11 is 1.56. The van der Waals surface area contributed by atoms with Gasteiger partial charge in [0.25, 0.3) is 5.91 Å². The van der Waals surface area contributed by atoms with E-state index in [2.05, 4.69) is 29.4 Å². The summed E-state index contributed by atoms with van der Waals surface area (Å²) in [4.78, 5) is 13.9. The van der Waals surface area contributed by atoms with Crippen molar-refractivity contribution < 1.29 is 4.79 Å². The fourth-order valence-corrected chi connectivity index (χ4v) is 3.59. The molecule has 3 rings (SSSR count). The average Bonchev–Trinajstić information content (AvgIpc) is 2.89. The van der Waals surface area contributed by atoms with Crippen molar-refractivity contribution in [1.29, 1.82) is 0 Å². The maximum atomic E-state index is 11.9. The molecule has 1 aliphatic carbocycles. The number of terminal acetylenes is 1. The molecular formula is C16H13NOS. The molecule has 0 unspecified atom stereocenters. The maximum Gasteiger partial charge on any atom is 0.262 e. The Morgan fingerprint density at radius 2 is 2.11 bits per heavy atom. The number of benzene rings is 1. The number of amides is 1. The second kappa shape index (κ2) is 4.91. The first kappa shape index (κ1) is 12.0. The van der Waals surface area contributed by atoms with Crippen LogP contribution in [0.2, 0.25) is 0 Å². The van der Waals surface area contributed by atoms with E-state index in [0.29, 0.717) is 0 Å². The zero-order valence-electron chi connectivity index (χ0n) is 10.4. The van der Waals surface area contributed by atoms with Crippen LogP contribution in [0.5, 0.6) is 0 Å². The van der Waals surface area contributed by atoms with Crippen LogP contribution in [0.3, 0.4) is 0 Å². The highest BCUT2D eigenvalue weighted by molar-refractivity contribution is 7.17. The van der Waals surface area contributed by atoms with Crippen LogP contribution in [0.1, 0.15) is 20.8 Å². The zero-order chi connectivity index (χ0) is 13.2. The first-order valence-corrected chi connectivity index (χ1v) is 7.04. The number of thiophene rings is 1. The van der Waals surface area contributed by atoms with Gasteiger partial charge in [-0.05, 0) is 35.6 Å². The number of hydrogen-bond acceptors (Lipinski definition) is 2. The van der Waals surface area contributed by atoms with Crippen molar-refractivity contribution in [2.75, 3.05) is 6.54 Å². The number of rotatable bonds is 2. The fourth-order valence-electron chi connectivity index (χ4n) is 2.40. The number of nitrogens with one attached hydrogen (secondary N) is 1. The molecule has 0 bridgehead atoms. The normalized spacial score (nSPS) is 12.2. The summed E-state index contributed by atoms with van der Waals surface area (Å²) in [6, 6.07) is 10.4. The van der Waals surface area contributed by atoms with Crippen molar-refractivity contribution in [3.05, 3.63) is 46.3 Å². The number of carbonyl (C=O) groups excluding carboxylic acids is 1. The molecule has 1 N–H and O–H groups in total. The van der Waals surface area contributed by atoms with Crippen LogP contribution in [0.15, 0.2) is 30.3 Å². The quantitative estimate of drug-likeness (QED) is 0.833. The van der Waals surface area contributed by atoms with E-state index in [1.165, 1.54) is 21.6 Å². The van der Waals surface area contributed by atoms with Gasteiger partial charge >= 0.3 is 0 Å². The minimum absolute atomic E-state index is 0.0742. The van der Waals surface area contributed by atoms with Crippen molar-refractivity contribution in [1.82, 2.24) is 5.32 Å². The lowest BCUT2D eigenvalue weighted by molar-refractivity contribution is 0.0962. The van der Waals surface area contributed by atoms with E-state index in [1.807, 2.05) is 12.1 Å². The number of aryl methyl sites for hydroxylation is 2. The van der Waals surface area contributed by atoms with Crippen molar-refractivity contribution in [3.8, 4) is 22.8 Å². The van der Waals surface area contributed by atoms with Gasteiger partial charge in [-0.2, -0.15) is 0 Å². The Morgan fingerprint density at radius 1 is 1.32 bits per heavy atom. The van der Waals surface area contributed by atoms with Crippen molar-refractivity contribution >= 4 is 17.2 Å². The average molecular weight is 267 g/mol. The molecule has 2 aromatic rings. The molecule has 1 aliphatic rings. The standard InChI is InChI=1S/C16H13NOS/c1-2-9-17-16(18)14-10-12-8-7-11-5-3-4-6-13(11)15(12)19-14/h1,3-6,10H,7-9H2,(H,17,18). The molecule has 0 fully saturated rings. The molecular weight excluding hydrogens is 254 g/mol. The summed E-state index contributed by atoms with van der Waals surface area (Å²) in [5, 5.41) is 2.72. The van der Waals surface area contributed by atoms with E-state index >= 15 is 0 Å². The third kappa shape index (κ3) is 2.16. The Hall–Kier alpha value is -2.05. The molecule has 0 aliphatic heterocycles. The summed E-state index contributed by atoms with van der Waals surface area (Å²) in [5.41, 5.74) is 3.91. The second-order valence-electron chi connectivity index (χ2n) is 4.51. The van der Waals surface area contributed by atoms with Crippen molar-refractivity contribution in [2.24, 2.45) is 0 Å². The first-order valence-electron chi connectivity index (χ1n) is 6.22. The van der Waals surface area contributed by atoms with Crippen LogP contribution >= 0.6 is 11.3 Å². The van der Waals surface area contributed by atoms with Crippen LogP contribution in [0.25, 0.3) is 10.4 Å². The minimum Gasteiger partial charge on any atom is -0.340 e. The van der Waals surface area contributed by atoms with Gasteiger partial charge in [-0.1, -0.05) is 30.2 Å². The monoisotopic (exact) mass is 267 g/mol. The first-order chi connectivity index (χ1) is 9.29. The minimum atomic E-state index is -0.0742. The summed E-state index contributed by atoms with van der Waals surface area (Å²) in [5.74, 6) is 2.34. The lowest BCUT2D eigenvalue weighted by atomic mass is 9.91. The molecule has 1 aromatic heterocycles. The highest BCUT2D eigenvalue weighted by atomic mass is 32.1. The summed E-state index contributed by atoms with van der Waals surface area (Å²) in [6.45, 7) is 0.276. The Labute approximate surface area is 116 Å². The molecule has 3 heteroatoms. The maximum absolute atomic E-state index is 11.9. The van der Waals surface area contributed by atoms with Crippen molar-refractivity contribution in [2.45, 2.75) is 12.8 Å². The number of carbonyl (C=O) groups is 1. The highest BCUT2D eigenvalue weighted by Gasteiger charge is 2.20. The van der Waals surface area contributed by atoms with E-state index in [0.717, 1.165) is 17.7 Å². The number of fused-ring (bicyclic) bond motifs is 3. The van der Waals surface area contributed by atoms with Gasteiger partial charge in [0, 0.05) is 4.88 Å². The lowest BCUT2D eigenvalue weighted by Crippen LogP contribution is -2.22. The molecule has 0 atom stereocenters. The van der Waals surface area contributed by atoms with E-state index in [4.69, 9.17) is 6.42 Å². The molecule has 1 heterocycles. The Kier molecular flexibility index (Phi) is 3.10. The molecule has 2 nitrogen and oxygen atoms in total. The largest absolute Gasteiger partial charge is 0.340 e.